The van der Waals surface area contributed by atoms with Gasteiger partial charge < -0.3 is 9.94 Å². The van der Waals surface area contributed by atoms with E-state index in [2.05, 4.69) is 20.8 Å². The lowest BCUT2D eigenvalue weighted by Gasteiger charge is -2.17. The molecule has 0 fully saturated rings. The number of benzene rings is 2. The van der Waals surface area contributed by atoms with Crippen LogP contribution in [0.5, 0.6) is 0 Å². The normalized spacial score (nSPS) is 14.0. The van der Waals surface area contributed by atoms with Gasteiger partial charge in [-0.15, -0.1) is 21.6 Å². The topological polar surface area (TPSA) is 99.4 Å². The van der Waals surface area contributed by atoms with E-state index in [1.54, 1.807) is 53.9 Å². The zero-order valence-electron chi connectivity index (χ0n) is 14.1. The summed E-state index contributed by atoms with van der Waals surface area (Å²) in [6.45, 7) is 0. The van der Waals surface area contributed by atoms with E-state index in [4.69, 9.17) is 16.4 Å². The molecular formula is C18H12ClN5O3S. The van der Waals surface area contributed by atoms with Crippen LogP contribution in [0.25, 0.3) is 5.70 Å². The number of carbonyl (C=O) groups excluding carboxylic acids is 1. The lowest BCUT2D eigenvalue weighted by molar-refractivity contribution is 0.0461. The van der Waals surface area contributed by atoms with E-state index >= 15 is 0 Å². The molecule has 3 aromatic rings. The van der Waals surface area contributed by atoms with Gasteiger partial charge in [0.15, 0.2) is 5.70 Å². The molecule has 2 N–H and O–H groups in total. The summed E-state index contributed by atoms with van der Waals surface area (Å²) in [4.78, 5) is 21.3. The summed E-state index contributed by atoms with van der Waals surface area (Å²) in [6.07, 6.45) is 0. The number of aliphatic hydroxyl groups excluding tert-OH is 1. The van der Waals surface area contributed by atoms with Crippen molar-refractivity contribution in [3.05, 3.63) is 82.2 Å². The van der Waals surface area contributed by atoms with Gasteiger partial charge in [0.1, 0.15) is 5.69 Å². The van der Waals surface area contributed by atoms with Crippen molar-refractivity contribution in [1.29, 1.82) is 0 Å². The standard InChI is InChI=1S/C18H12ClN5O3S/c19-12-6-8-13(9-7-12)24-15(17(26)27-23-24)14-10-28-18(20-14)22-21-16(25)11-4-2-1-3-5-11/h1-10,23,26H. The van der Waals surface area contributed by atoms with E-state index in [1.165, 1.54) is 16.3 Å². The Morgan fingerprint density at radius 3 is 2.68 bits per heavy atom. The van der Waals surface area contributed by atoms with Gasteiger partial charge in [0.25, 0.3) is 5.91 Å². The molecule has 4 rings (SSSR count). The van der Waals surface area contributed by atoms with Crippen LogP contribution in [0.3, 0.4) is 0 Å². The molecule has 2 heterocycles. The number of nitrogens with zero attached hydrogens (tertiary/aromatic N) is 4. The lowest BCUT2D eigenvalue weighted by atomic mass is 10.2. The molecule has 1 amide bonds. The summed E-state index contributed by atoms with van der Waals surface area (Å²) in [5.41, 5.74) is 4.42. The molecule has 140 valence electrons. The first-order valence-electron chi connectivity index (χ1n) is 8.00. The largest absolute Gasteiger partial charge is 0.478 e. The summed E-state index contributed by atoms with van der Waals surface area (Å²) in [6, 6.07) is 15.5. The second kappa shape index (κ2) is 7.77. The maximum atomic E-state index is 12.0. The van der Waals surface area contributed by atoms with Crippen LogP contribution in [-0.2, 0) is 4.84 Å². The summed E-state index contributed by atoms with van der Waals surface area (Å²) in [5.74, 6) is -0.808. The monoisotopic (exact) mass is 413 g/mol. The summed E-state index contributed by atoms with van der Waals surface area (Å²) in [5, 5.41) is 21.7. The number of hydrazine groups is 1. The van der Waals surface area contributed by atoms with Crippen molar-refractivity contribution in [2.24, 2.45) is 10.2 Å². The van der Waals surface area contributed by atoms with Crippen LogP contribution in [0, 0.1) is 0 Å². The number of aromatic nitrogens is 1. The van der Waals surface area contributed by atoms with Crippen molar-refractivity contribution in [2.45, 2.75) is 0 Å². The Bertz CT molecular complexity index is 1070. The number of aliphatic hydroxyl groups is 1. The first-order valence-corrected chi connectivity index (χ1v) is 9.26. The molecule has 28 heavy (non-hydrogen) atoms. The van der Waals surface area contributed by atoms with Gasteiger partial charge in [-0.05, 0) is 36.4 Å². The third kappa shape index (κ3) is 3.72. The van der Waals surface area contributed by atoms with Crippen LogP contribution in [0.1, 0.15) is 16.1 Å². The molecular weight excluding hydrogens is 402 g/mol. The van der Waals surface area contributed by atoms with Crippen LogP contribution >= 0.6 is 22.9 Å². The third-order valence-corrected chi connectivity index (χ3v) is 4.70. The quantitative estimate of drug-likeness (QED) is 0.592. The fourth-order valence-electron chi connectivity index (χ4n) is 2.42. The van der Waals surface area contributed by atoms with Gasteiger partial charge in [-0.2, -0.15) is 0 Å². The van der Waals surface area contributed by atoms with Crippen molar-refractivity contribution in [1.82, 2.24) is 10.6 Å². The molecule has 0 radical (unpaired) electrons. The zero-order chi connectivity index (χ0) is 19.5. The van der Waals surface area contributed by atoms with Crippen molar-refractivity contribution >= 4 is 45.4 Å². The molecule has 0 saturated heterocycles. The van der Waals surface area contributed by atoms with Crippen LogP contribution in [-0.4, -0.2) is 16.0 Å². The fraction of sp³-hybridized carbons (Fsp3) is 0. The Morgan fingerprint density at radius 2 is 1.93 bits per heavy atom. The van der Waals surface area contributed by atoms with E-state index < -0.39 is 5.91 Å². The summed E-state index contributed by atoms with van der Waals surface area (Å²) < 4.78 is 0. The minimum Gasteiger partial charge on any atom is -0.478 e. The van der Waals surface area contributed by atoms with Gasteiger partial charge in [0.05, 0.1) is 5.69 Å². The van der Waals surface area contributed by atoms with Gasteiger partial charge in [-0.25, -0.2) is 9.99 Å². The Morgan fingerprint density at radius 1 is 1.18 bits per heavy atom. The number of nitrogens with one attached hydrogen (secondary N) is 1. The van der Waals surface area contributed by atoms with Crippen molar-refractivity contribution in [3.8, 4) is 0 Å². The molecule has 0 spiro atoms. The predicted octanol–water partition coefficient (Wildman–Crippen LogP) is 4.86. The summed E-state index contributed by atoms with van der Waals surface area (Å²) >= 11 is 7.09. The molecule has 1 aliphatic heterocycles. The smallest absolute Gasteiger partial charge is 0.327 e. The molecule has 2 aromatic carbocycles. The van der Waals surface area contributed by atoms with Crippen molar-refractivity contribution in [2.75, 3.05) is 5.01 Å². The number of hydrogen-bond donors (Lipinski definition) is 2. The van der Waals surface area contributed by atoms with Gasteiger partial charge in [0, 0.05) is 16.0 Å². The molecule has 8 nitrogen and oxygen atoms in total. The average molecular weight is 414 g/mol. The number of carbonyl (C=O) groups is 1. The first kappa shape index (κ1) is 18.1. The lowest BCUT2D eigenvalue weighted by Crippen LogP contribution is -2.30. The van der Waals surface area contributed by atoms with E-state index in [0.717, 1.165) is 0 Å². The molecule has 0 saturated carbocycles. The number of halogens is 1. The Kier molecular flexibility index (Phi) is 5.02. The molecule has 1 aliphatic rings. The number of anilines is 1. The van der Waals surface area contributed by atoms with E-state index in [0.29, 0.717) is 27.7 Å². The first-order chi connectivity index (χ1) is 13.6. The Balaban J connectivity index is 1.56. The van der Waals surface area contributed by atoms with Crippen LogP contribution < -0.4 is 10.6 Å². The highest BCUT2D eigenvalue weighted by molar-refractivity contribution is 7.13. The number of thiazole rings is 1. The van der Waals surface area contributed by atoms with Crippen LogP contribution in [0.2, 0.25) is 5.02 Å². The molecule has 0 unspecified atom stereocenters. The maximum Gasteiger partial charge on any atom is 0.327 e. The predicted molar refractivity (Wildman–Crippen MR) is 105 cm³/mol. The number of azo groups is 1. The highest BCUT2D eigenvalue weighted by Gasteiger charge is 2.29. The fourth-order valence-corrected chi connectivity index (χ4v) is 3.17. The van der Waals surface area contributed by atoms with Crippen LogP contribution in [0.4, 0.5) is 10.8 Å². The second-order valence-electron chi connectivity index (χ2n) is 5.55. The zero-order valence-corrected chi connectivity index (χ0v) is 15.7. The number of rotatable bonds is 4. The molecule has 0 aliphatic carbocycles. The van der Waals surface area contributed by atoms with E-state index in [1.807, 2.05) is 6.07 Å². The third-order valence-electron chi connectivity index (χ3n) is 3.73. The minimum atomic E-state index is -0.465. The Labute approximate surface area is 168 Å². The number of hydrogen-bond acceptors (Lipinski definition) is 8. The minimum absolute atomic E-state index is 0.266. The highest BCUT2D eigenvalue weighted by atomic mass is 35.5. The Hall–Kier alpha value is -3.27. The molecule has 10 heteroatoms. The number of amides is 1. The molecule has 1 aromatic heterocycles. The highest BCUT2D eigenvalue weighted by Crippen LogP contribution is 2.33. The maximum absolute atomic E-state index is 12.0. The van der Waals surface area contributed by atoms with E-state index in [9.17, 15) is 9.90 Å². The van der Waals surface area contributed by atoms with Gasteiger partial charge >= 0.3 is 5.95 Å². The summed E-state index contributed by atoms with van der Waals surface area (Å²) in [7, 11) is 0. The molecule has 0 atom stereocenters. The average Bonchev–Trinajstić information content (AvgIpc) is 3.33. The van der Waals surface area contributed by atoms with Crippen molar-refractivity contribution < 1.29 is 14.7 Å². The molecule has 0 bridgehead atoms. The van der Waals surface area contributed by atoms with Crippen LogP contribution in [0.15, 0.2) is 76.2 Å². The van der Waals surface area contributed by atoms with Gasteiger partial charge in [0.2, 0.25) is 5.13 Å². The van der Waals surface area contributed by atoms with E-state index in [-0.39, 0.29) is 11.1 Å². The second-order valence-corrected chi connectivity index (χ2v) is 6.82. The van der Waals surface area contributed by atoms with Crippen molar-refractivity contribution in [3.63, 3.8) is 0 Å². The van der Waals surface area contributed by atoms with Gasteiger partial charge in [-0.3, -0.25) is 4.79 Å². The van der Waals surface area contributed by atoms with Gasteiger partial charge in [-0.1, -0.05) is 35.4 Å². The SMILES string of the molecule is O=C(N=Nc1nc(C2=C(O)ONN2c2ccc(Cl)cc2)cs1)c1ccccc1.